The predicted molar refractivity (Wildman–Crippen MR) is 79.8 cm³/mol. The fraction of sp³-hybridized carbons (Fsp3) is 0.467. The van der Waals surface area contributed by atoms with Gasteiger partial charge in [0.05, 0.1) is 5.69 Å². The number of nitrogens with zero attached hydrogens (tertiary/aromatic N) is 1. The molecule has 1 saturated heterocycles. The van der Waals surface area contributed by atoms with Crippen LogP contribution < -0.4 is 10.2 Å². The van der Waals surface area contributed by atoms with E-state index in [0.29, 0.717) is 0 Å². The third kappa shape index (κ3) is 3.35. The summed E-state index contributed by atoms with van der Waals surface area (Å²) in [6.45, 7) is 5.72. The molecule has 4 nitrogen and oxygen atoms in total. The van der Waals surface area contributed by atoms with Gasteiger partial charge in [0.2, 0.25) is 11.8 Å². The second-order valence-corrected chi connectivity index (χ2v) is 6.64. The highest BCUT2D eigenvalue weighted by Gasteiger charge is 2.38. The van der Waals surface area contributed by atoms with Gasteiger partial charge >= 0.3 is 0 Å². The summed E-state index contributed by atoms with van der Waals surface area (Å²) < 4.78 is 14.1. The molecule has 2 rings (SSSR count). The first-order chi connectivity index (χ1) is 9.70. The Labute approximate surface area is 128 Å². The molecule has 0 bridgehead atoms. The fourth-order valence-electron chi connectivity index (χ4n) is 2.30. The minimum atomic E-state index is -0.692. The lowest BCUT2D eigenvalue weighted by Crippen LogP contribution is -2.52. The molecule has 1 aromatic carbocycles. The maximum absolute atomic E-state index is 14.1. The molecule has 6 heteroatoms. The molecule has 1 aromatic rings. The summed E-state index contributed by atoms with van der Waals surface area (Å²) in [6.07, 6.45) is 0.139. The summed E-state index contributed by atoms with van der Waals surface area (Å²) in [7, 11) is 0. The molecule has 0 spiro atoms. The predicted octanol–water partition coefficient (Wildman–Crippen LogP) is 2.75. The Morgan fingerprint density at radius 1 is 1.33 bits per heavy atom. The van der Waals surface area contributed by atoms with Crippen LogP contribution in [0.5, 0.6) is 0 Å². The van der Waals surface area contributed by atoms with Gasteiger partial charge in [0.1, 0.15) is 11.9 Å². The van der Waals surface area contributed by atoms with E-state index in [2.05, 4.69) is 5.32 Å². The molecule has 1 aliphatic heterocycles. The normalized spacial score (nSPS) is 20.2. The van der Waals surface area contributed by atoms with E-state index in [4.69, 9.17) is 11.6 Å². The van der Waals surface area contributed by atoms with E-state index >= 15 is 0 Å². The second kappa shape index (κ2) is 5.64. The van der Waals surface area contributed by atoms with Gasteiger partial charge in [-0.3, -0.25) is 9.59 Å². The zero-order valence-corrected chi connectivity index (χ0v) is 13.0. The topological polar surface area (TPSA) is 49.4 Å². The molecular formula is C15H18ClFN2O2. The molecule has 0 aliphatic carbocycles. The number of benzene rings is 1. The maximum Gasteiger partial charge on any atom is 0.250 e. The van der Waals surface area contributed by atoms with Gasteiger partial charge in [-0.15, -0.1) is 0 Å². The number of hydrogen-bond donors (Lipinski definition) is 1. The Morgan fingerprint density at radius 3 is 2.57 bits per heavy atom. The van der Waals surface area contributed by atoms with Gasteiger partial charge in [-0.05, 0) is 23.6 Å². The van der Waals surface area contributed by atoms with E-state index in [1.807, 2.05) is 20.8 Å². The molecule has 21 heavy (non-hydrogen) atoms. The van der Waals surface area contributed by atoms with Gasteiger partial charge < -0.3 is 10.2 Å². The SMILES string of the molecule is CC(C)(C)C1NC(=O)CCN(c2ccc(Cl)cc2F)C1=O. The number of nitrogens with one attached hydrogen (secondary N) is 1. The summed E-state index contributed by atoms with van der Waals surface area (Å²) in [5.74, 6) is -1.09. The third-order valence-electron chi connectivity index (χ3n) is 3.45. The van der Waals surface area contributed by atoms with Gasteiger partial charge in [-0.1, -0.05) is 32.4 Å². The van der Waals surface area contributed by atoms with Crippen LogP contribution in [0.3, 0.4) is 0 Å². The summed E-state index contributed by atoms with van der Waals surface area (Å²) >= 11 is 5.74. The lowest BCUT2D eigenvalue weighted by Gasteiger charge is -2.32. The first-order valence-corrected chi connectivity index (χ1v) is 7.14. The molecule has 0 saturated carbocycles. The Kier molecular flexibility index (Phi) is 4.23. The fourth-order valence-corrected chi connectivity index (χ4v) is 2.46. The first-order valence-electron chi connectivity index (χ1n) is 6.76. The van der Waals surface area contributed by atoms with Crippen molar-refractivity contribution in [1.82, 2.24) is 5.32 Å². The van der Waals surface area contributed by atoms with Crippen LogP contribution in [-0.2, 0) is 9.59 Å². The quantitative estimate of drug-likeness (QED) is 0.867. The standard InChI is InChI=1S/C15H18ClFN2O2/c1-15(2,3)13-14(21)19(7-6-12(20)18-13)11-5-4-9(16)8-10(11)17/h4-5,8,13H,6-7H2,1-3H3,(H,18,20). The van der Waals surface area contributed by atoms with Crippen molar-refractivity contribution in [2.24, 2.45) is 5.41 Å². The number of carbonyl (C=O) groups excluding carboxylic acids is 2. The van der Waals surface area contributed by atoms with Crippen molar-refractivity contribution in [3.63, 3.8) is 0 Å². The van der Waals surface area contributed by atoms with Gasteiger partial charge in [-0.2, -0.15) is 0 Å². The second-order valence-electron chi connectivity index (χ2n) is 6.20. The van der Waals surface area contributed by atoms with E-state index in [1.165, 1.54) is 17.0 Å². The maximum atomic E-state index is 14.1. The summed E-state index contributed by atoms with van der Waals surface area (Å²) in [5.41, 5.74) is -0.312. The summed E-state index contributed by atoms with van der Waals surface area (Å²) in [6, 6.07) is 3.46. The molecule has 1 unspecified atom stereocenters. The largest absolute Gasteiger partial charge is 0.344 e. The van der Waals surface area contributed by atoms with Crippen LogP contribution in [0.4, 0.5) is 10.1 Å². The van der Waals surface area contributed by atoms with Crippen LogP contribution in [0, 0.1) is 11.2 Å². The van der Waals surface area contributed by atoms with E-state index < -0.39 is 17.3 Å². The van der Waals surface area contributed by atoms with Crippen molar-refractivity contribution in [2.45, 2.75) is 33.2 Å². The monoisotopic (exact) mass is 312 g/mol. The van der Waals surface area contributed by atoms with Crippen molar-refractivity contribution >= 4 is 29.1 Å². The van der Waals surface area contributed by atoms with Crippen molar-refractivity contribution < 1.29 is 14.0 Å². The van der Waals surface area contributed by atoms with Crippen LogP contribution in [0.15, 0.2) is 18.2 Å². The average molecular weight is 313 g/mol. The van der Waals surface area contributed by atoms with Crippen LogP contribution in [-0.4, -0.2) is 24.4 Å². The van der Waals surface area contributed by atoms with Gasteiger partial charge in [-0.25, -0.2) is 4.39 Å². The molecule has 1 N–H and O–H groups in total. The van der Waals surface area contributed by atoms with Gasteiger partial charge in [0.25, 0.3) is 0 Å². The van der Waals surface area contributed by atoms with Gasteiger partial charge in [0.15, 0.2) is 0 Å². The Hall–Kier alpha value is -1.62. The van der Waals surface area contributed by atoms with Crippen molar-refractivity contribution in [2.75, 3.05) is 11.4 Å². The number of anilines is 1. The molecular weight excluding hydrogens is 295 g/mol. The number of rotatable bonds is 1. The minimum absolute atomic E-state index is 0.139. The molecule has 114 valence electrons. The Balaban J connectivity index is 2.42. The van der Waals surface area contributed by atoms with Crippen molar-refractivity contribution in [3.05, 3.63) is 29.0 Å². The van der Waals surface area contributed by atoms with Crippen LogP contribution in [0.25, 0.3) is 0 Å². The number of carbonyl (C=O) groups is 2. The lowest BCUT2D eigenvalue weighted by molar-refractivity contribution is -0.127. The van der Waals surface area contributed by atoms with Crippen LogP contribution >= 0.6 is 11.6 Å². The molecule has 1 heterocycles. The highest BCUT2D eigenvalue weighted by Crippen LogP contribution is 2.28. The van der Waals surface area contributed by atoms with E-state index in [-0.39, 0.29) is 35.5 Å². The molecule has 0 radical (unpaired) electrons. The summed E-state index contributed by atoms with van der Waals surface area (Å²) in [4.78, 5) is 25.8. The molecule has 2 amide bonds. The summed E-state index contributed by atoms with van der Waals surface area (Å²) in [5, 5.41) is 2.98. The minimum Gasteiger partial charge on any atom is -0.344 e. The molecule has 1 aliphatic rings. The zero-order valence-electron chi connectivity index (χ0n) is 12.2. The van der Waals surface area contributed by atoms with E-state index in [0.717, 1.165) is 6.07 Å². The third-order valence-corrected chi connectivity index (χ3v) is 3.68. The van der Waals surface area contributed by atoms with Crippen LogP contribution in [0.1, 0.15) is 27.2 Å². The van der Waals surface area contributed by atoms with E-state index in [1.54, 1.807) is 0 Å². The van der Waals surface area contributed by atoms with Gasteiger partial charge in [0, 0.05) is 18.0 Å². The highest BCUT2D eigenvalue weighted by atomic mass is 35.5. The van der Waals surface area contributed by atoms with E-state index in [9.17, 15) is 14.0 Å². The number of amides is 2. The number of halogens is 2. The lowest BCUT2D eigenvalue weighted by atomic mass is 9.86. The molecule has 1 atom stereocenters. The Morgan fingerprint density at radius 2 is 2.00 bits per heavy atom. The van der Waals surface area contributed by atoms with Crippen LogP contribution in [0.2, 0.25) is 5.02 Å². The number of hydrogen-bond acceptors (Lipinski definition) is 2. The molecule has 1 fully saturated rings. The molecule has 0 aromatic heterocycles. The van der Waals surface area contributed by atoms with Crippen molar-refractivity contribution in [3.8, 4) is 0 Å². The highest BCUT2D eigenvalue weighted by molar-refractivity contribution is 6.30. The first kappa shape index (κ1) is 15.8. The average Bonchev–Trinajstić information content (AvgIpc) is 2.50. The Bertz CT molecular complexity index is 584. The zero-order chi connectivity index (χ0) is 15.8. The van der Waals surface area contributed by atoms with Crippen molar-refractivity contribution in [1.29, 1.82) is 0 Å². The smallest absolute Gasteiger partial charge is 0.250 e.